The first-order valence-corrected chi connectivity index (χ1v) is 7.42. The van der Waals surface area contributed by atoms with Gasteiger partial charge < -0.3 is 5.11 Å². The Balaban J connectivity index is 2.12. The lowest BCUT2D eigenvalue weighted by atomic mass is 10.1. The summed E-state index contributed by atoms with van der Waals surface area (Å²) in [5.74, 6) is 0. The molecule has 1 N–H and O–H groups in total. The quantitative estimate of drug-likeness (QED) is 0.677. The third-order valence-corrected chi connectivity index (χ3v) is 4.25. The fourth-order valence-electron chi connectivity index (χ4n) is 1.91. The van der Waals surface area contributed by atoms with E-state index in [1.165, 1.54) is 11.3 Å². The van der Waals surface area contributed by atoms with Crippen molar-refractivity contribution in [2.24, 2.45) is 0 Å². The van der Waals surface area contributed by atoms with Crippen molar-refractivity contribution in [3.8, 4) is 26.9 Å². The summed E-state index contributed by atoms with van der Waals surface area (Å²) in [6.45, 7) is 0. The molecule has 20 heavy (non-hydrogen) atoms. The van der Waals surface area contributed by atoms with Crippen molar-refractivity contribution >= 4 is 34.5 Å². The van der Waals surface area contributed by atoms with Gasteiger partial charge in [-0.3, -0.25) is 0 Å². The lowest BCUT2D eigenvalue weighted by Gasteiger charge is -2.03. The Bertz CT molecular complexity index is 673. The average molecular weight is 322 g/mol. The molecule has 2 nitrogen and oxygen atoms in total. The molecule has 100 valence electrons. The van der Waals surface area contributed by atoms with Crippen LogP contribution in [0, 0.1) is 0 Å². The molecule has 0 aliphatic heterocycles. The Morgan fingerprint density at radius 2 is 1.30 bits per heavy atom. The van der Waals surface area contributed by atoms with Crippen LogP contribution in [0.2, 0.25) is 10.0 Å². The molecule has 0 saturated heterocycles. The number of aromatic nitrogens is 1. The highest BCUT2D eigenvalue weighted by Gasteiger charge is 2.14. The van der Waals surface area contributed by atoms with Crippen molar-refractivity contribution < 1.29 is 5.11 Å². The molecule has 0 radical (unpaired) electrons. The van der Waals surface area contributed by atoms with Crippen LogP contribution >= 0.6 is 34.5 Å². The molecule has 3 rings (SSSR count). The van der Waals surface area contributed by atoms with Crippen LogP contribution in [-0.4, -0.2) is 10.1 Å². The Hall–Kier alpha value is -1.55. The fourth-order valence-corrected chi connectivity index (χ4v) is 2.99. The van der Waals surface area contributed by atoms with Gasteiger partial charge in [-0.25, -0.2) is 4.98 Å². The fraction of sp³-hybridized carbons (Fsp3) is 0. The first kappa shape index (κ1) is 13.4. The SMILES string of the molecule is Oc1nc(-c2ccc(Cl)cc2)c(-c2ccc(Cl)cc2)s1. The zero-order valence-corrected chi connectivity index (χ0v) is 12.5. The van der Waals surface area contributed by atoms with Gasteiger partial charge >= 0.3 is 0 Å². The summed E-state index contributed by atoms with van der Waals surface area (Å²) in [5.41, 5.74) is 2.62. The van der Waals surface area contributed by atoms with Crippen molar-refractivity contribution in [3.05, 3.63) is 58.6 Å². The maximum Gasteiger partial charge on any atom is 0.271 e. The molecular weight excluding hydrogens is 313 g/mol. The molecular formula is C15H9Cl2NOS. The van der Waals surface area contributed by atoms with E-state index >= 15 is 0 Å². The molecule has 1 heterocycles. The van der Waals surface area contributed by atoms with E-state index in [-0.39, 0.29) is 5.19 Å². The van der Waals surface area contributed by atoms with Gasteiger partial charge in [0.1, 0.15) is 0 Å². The van der Waals surface area contributed by atoms with Crippen LogP contribution in [0.25, 0.3) is 21.7 Å². The van der Waals surface area contributed by atoms with E-state index in [2.05, 4.69) is 4.98 Å². The maximum absolute atomic E-state index is 9.72. The highest BCUT2D eigenvalue weighted by atomic mass is 35.5. The standard InChI is InChI=1S/C15H9Cl2NOS/c16-11-5-1-9(2-6-11)13-14(20-15(19)18-13)10-3-7-12(17)8-4-10/h1-8H,(H,18,19). The third kappa shape index (κ3) is 2.66. The van der Waals surface area contributed by atoms with E-state index in [1.807, 2.05) is 36.4 Å². The number of rotatable bonds is 2. The van der Waals surface area contributed by atoms with Gasteiger partial charge in [-0.1, -0.05) is 58.8 Å². The molecule has 0 spiro atoms. The predicted molar refractivity (Wildman–Crippen MR) is 84.7 cm³/mol. The zero-order valence-electron chi connectivity index (χ0n) is 10.2. The number of aromatic hydroxyl groups is 1. The summed E-state index contributed by atoms with van der Waals surface area (Å²) in [7, 11) is 0. The minimum atomic E-state index is 0.0416. The van der Waals surface area contributed by atoms with E-state index in [0.717, 1.165) is 21.7 Å². The number of hydrogen-bond acceptors (Lipinski definition) is 3. The second-order valence-electron chi connectivity index (χ2n) is 4.19. The van der Waals surface area contributed by atoms with E-state index < -0.39 is 0 Å². The van der Waals surface area contributed by atoms with Crippen LogP contribution in [0.4, 0.5) is 0 Å². The summed E-state index contributed by atoms with van der Waals surface area (Å²) >= 11 is 13.0. The Labute approximate surface area is 130 Å². The first-order valence-electron chi connectivity index (χ1n) is 5.85. The van der Waals surface area contributed by atoms with Gasteiger partial charge in [0.05, 0.1) is 10.6 Å². The van der Waals surface area contributed by atoms with Gasteiger partial charge in [-0.2, -0.15) is 0 Å². The summed E-state index contributed by atoms with van der Waals surface area (Å²) in [5, 5.41) is 11.1. The van der Waals surface area contributed by atoms with Gasteiger partial charge in [0.15, 0.2) is 0 Å². The molecule has 0 saturated carbocycles. The van der Waals surface area contributed by atoms with E-state index in [4.69, 9.17) is 23.2 Å². The molecule has 0 amide bonds. The smallest absolute Gasteiger partial charge is 0.271 e. The monoisotopic (exact) mass is 321 g/mol. The minimum absolute atomic E-state index is 0.0416. The second kappa shape index (κ2) is 5.44. The lowest BCUT2D eigenvalue weighted by molar-refractivity contribution is 0.471. The molecule has 0 unspecified atom stereocenters. The van der Waals surface area contributed by atoms with Gasteiger partial charge in [0.25, 0.3) is 5.19 Å². The second-order valence-corrected chi connectivity index (χ2v) is 6.04. The highest BCUT2D eigenvalue weighted by Crippen LogP contribution is 2.39. The van der Waals surface area contributed by atoms with Crippen molar-refractivity contribution in [2.75, 3.05) is 0 Å². The van der Waals surface area contributed by atoms with Crippen LogP contribution in [-0.2, 0) is 0 Å². The van der Waals surface area contributed by atoms with E-state index in [0.29, 0.717) is 10.0 Å². The number of benzene rings is 2. The molecule has 0 bridgehead atoms. The van der Waals surface area contributed by atoms with Gasteiger partial charge in [0, 0.05) is 15.6 Å². The van der Waals surface area contributed by atoms with E-state index in [9.17, 15) is 5.11 Å². The van der Waals surface area contributed by atoms with Crippen LogP contribution in [0.15, 0.2) is 48.5 Å². The van der Waals surface area contributed by atoms with Crippen LogP contribution < -0.4 is 0 Å². The summed E-state index contributed by atoms with van der Waals surface area (Å²) in [4.78, 5) is 5.11. The largest absolute Gasteiger partial charge is 0.486 e. The lowest BCUT2D eigenvalue weighted by Crippen LogP contribution is -1.81. The molecule has 3 aromatic rings. The Morgan fingerprint density at radius 1 is 0.800 bits per heavy atom. The Kier molecular flexibility index (Phi) is 3.66. The molecule has 0 fully saturated rings. The van der Waals surface area contributed by atoms with Crippen LogP contribution in [0.3, 0.4) is 0 Å². The van der Waals surface area contributed by atoms with Crippen molar-refractivity contribution in [1.29, 1.82) is 0 Å². The molecule has 1 aromatic heterocycles. The van der Waals surface area contributed by atoms with Gasteiger partial charge in [-0.05, 0) is 29.8 Å². The maximum atomic E-state index is 9.72. The third-order valence-electron chi connectivity index (χ3n) is 2.84. The van der Waals surface area contributed by atoms with Gasteiger partial charge in [-0.15, -0.1) is 0 Å². The first-order chi connectivity index (χ1) is 9.63. The van der Waals surface area contributed by atoms with Crippen molar-refractivity contribution in [1.82, 2.24) is 4.98 Å². The molecule has 0 aliphatic rings. The minimum Gasteiger partial charge on any atom is -0.486 e. The summed E-state index contributed by atoms with van der Waals surface area (Å²) in [6, 6.07) is 14.8. The number of thiazole rings is 1. The molecule has 5 heteroatoms. The van der Waals surface area contributed by atoms with Crippen LogP contribution in [0.1, 0.15) is 0 Å². The van der Waals surface area contributed by atoms with Crippen molar-refractivity contribution in [3.63, 3.8) is 0 Å². The summed E-state index contributed by atoms with van der Waals surface area (Å²) in [6.07, 6.45) is 0. The zero-order chi connectivity index (χ0) is 14.1. The normalized spacial score (nSPS) is 10.7. The average Bonchev–Trinajstić information content (AvgIpc) is 2.82. The molecule has 0 atom stereocenters. The van der Waals surface area contributed by atoms with Crippen LogP contribution in [0.5, 0.6) is 5.19 Å². The highest BCUT2D eigenvalue weighted by molar-refractivity contribution is 7.17. The number of hydrogen-bond donors (Lipinski definition) is 1. The molecule has 2 aromatic carbocycles. The topological polar surface area (TPSA) is 33.1 Å². The summed E-state index contributed by atoms with van der Waals surface area (Å²) < 4.78 is 0. The predicted octanol–water partition coefficient (Wildman–Crippen LogP) is 5.49. The number of nitrogens with zero attached hydrogens (tertiary/aromatic N) is 1. The van der Waals surface area contributed by atoms with E-state index in [1.54, 1.807) is 12.1 Å². The molecule has 0 aliphatic carbocycles. The Morgan fingerprint density at radius 3 is 1.85 bits per heavy atom. The van der Waals surface area contributed by atoms with Crippen molar-refractivity contribution in [2.45, 2.75) is 0 Å². The number of halogens is 2. The van der Waals surface area contributed by atoms with Gasteiger partial charge in [0.2, 0.25) is 0 Å².